The number of ether oxygens (including phenoxy) is 2. The normalized spacial score (nSPS) is 18.7. The van der Waals surface area contributed by atoms with E-state index in [1.54, 1.807) is 60.3 Å². The molecule has 9 nitrogen and oxygen atoms in total. The minimum absolute atomic E-state index is 0.0352. The van der Waals surface area contributed by atoms with Gasteiger partial charge in [0.25, 0.3) is 5.91 Å². The Labute approximate surface area is 199 Å². The minimum atomic E-state index is -0.431. The molecule has 0 radical (unpaired) electrons. The molecule has 0 saturated carbocycles. The third-order valence-corrected chi connectivity index (χ3v) is 6.02. The summed E-state index contributed by atoms with van der Waals surface area (Å²) in [6.45, 7) is 4.14. The van der Waals surface area contributed by atoms with Crippen LogP contribution in [0.15, 0.2) is 36.5 Å². The van der Waals surface area contributed by atoms with E-state index < -0.39 is 12.1 Å². The van der Waals surface area contributed by atoms with Crippen LogP contribution in [0.2, 0.25) is 0 Å². The highest BCUT2D eigenvalue weighted by atomic mass is 16.5. The Morgan fingerprint density at radius 3 is 2.71 bits per heavy atom. The maximum Gasteiger partial charge on any atom is 0.259 e. The molecule has 3 rings (SSSR count). The molecule has 0 saturated heterocycles. The lowest BCUT2D eigenvalue weighted by Gasteiger charge is -2.37. The van der Waals surface area contributed by atoms with E-state index >= 15 is 0 Å². The minimum Gasteiger partial charge on any atom is -0.472 e. The summed E-state index contributed by atoms with van der Waals surface area (Å²) in [7, 11) is 3.14. The molecule has 3 atom stereocenters. The van der Waals surface area contributed by atoms with Gasteiger partial charge in [0.2, 0.25) is 11.8 Å². The molecule has 2 amide bonds. The Kier molecular flexibility index (Phi) is 8.21. The maximum absolute atomic E-state index is 13.5. The van der Waals surface area contributed by atoms with Crippen molar-refractivity contribution in [3.05, 3.63) is 47.7 Å². The summed E-state index contributed by atoms with van der Waals surface area (Å²) in [4.78, 5) is 33.4. The number of rotatable bonds is 7. The lowest BCUT2D eigenvalue weighted by molar-refractivity contribution is -0.135. The second-order valence-electron chi connectivity index (χ2n) is 8.60. The lowest BCUT2D eigenvalue weighted by atomic mass is 9.99. The quantitative estimate of drug-likeness (QED) is 0.663. The molecule has 34 heavy (non-hydrogen) atoms. The Balaban J connectivity index is 2.00. The first-order valence-corrected chi connectivity index (χ1v) is 11.1. The highest BCUT2D eigenvalue weighted by molar-refractivity contribution is 5.98. The smallest absolute Gasteiger partial charge is 0.259 e. The van der Waals surface area contributed by atoms with Crippen LogP contribution in [0, 0.1) is 17.2 Å². The first kappa shape index (κ1) is 25.1. The summed E-state index contributed by atoms with van der Waals surface area (Å²) in [5.41, 5.74) is 2.33. The second kappa shape index (κ2) is 11.1. The van der Waals surface area contributed by atoms with Gasteiger partial charge in [-0.05, 0) is 30.7 Å². The number of carbonyl (C=O) groups excluding carboxylic acids is 2. The van der Waals surface area contributed by atoms with Crippen molar-refractivity contribution in [1.82, 2.24) is 14.8 Å². The van der Waals surface area contributed by atoms with E-state index in [4.69, 9.17) is 14.7 Å². The second-order valence-corrected chi connectivity index (χ2v) is 8.60. The van der Waals surface area contributed by atoms with Gasteiger partial charge in [-0.25, -0.2) is 4.98 Å². The number of hydrogen-bond donors (Lipinski definition) is 1. The highest BCUT2D eigenvalue weighted by Crippen LogP contribution is 2.30. The fourth-order valence-corrected chi connectivity index (χ4v) is 3.82. The van der Waals surface area contributed by atoms with Crippen molar-refractivity contribution in [2.75, 3.05) is 40.5 Å². The summed E-state index contributed by atoms with van der Waals surface area (Å²) >= 11 is 0. The molecule has 180 valence electrons. The lowest BCUT2D eigenvalue weighted by Crippen LogP contribution is -2.50. The average molecular weight is 467 g/mol. The molecule has 2 heterocycles. The molecule has 1 aromatic heterocycles. The van der Waals surface area contributed by atoms with Crippen LogP contribution in [-0.2, 0) is 9.53 Å². The van der Waals surface area contributed by atoms with Gasteiger partial charge in [-0.2, -0.15) is 5.26 Å². The van der Waals surface area contributed by atoms with Gasteiger partial charge in [-0.1, -0.05) is 19.1 Å². The standard InChI is InChI=1S/C25H30N4O5/c1-16-12-29(17(2)14-30)25(32)21-9-20(19-7-5-18(10-26)6-8-19)11-27-24(21)34-22(16)13-28(3)23(31)15-33-4/h5-9,11,16-17,22,30H,12-15H2,1-4H3/t16-,17+,22+/m1/s1. The van der Waals surface area contributed by atoms with E-state index in [2.05, 4.69) is 11.1 Å². The molecule has 1 N–H and O–H groups in total. The number of aliphatic hydroxyl groups excluding tert-OH is 1. The van der Waals surface area contributed by atoms with Crippen LogP contribution in [0.5, 0.6) is 5.88 Å². The predicted molar refractivity (Wildman–Crippen MR) is 125 cm³/mol. The van der Waals surface area contributed by atoms with Gasteiger partial charge >= 0.3 is 0 Å². The topological polar surface area (TPSA) is 116 Å². The molecule has 1 aliphatic heterocycles. The van der Waals surface area contributed by atoms with Gasteiger partial charge in [0.1, 0.15) is 18.3 Å². The molecule has 1 aromatic carbocycles. The van der Waals surface area contributed by atoms with Crippen molar-refractivity contribution < 1.29 is 24.2 Å². The number of pyridine rings is 1. The first-order chi connectivity index (χ1) is 16.3. The zero-order chi connectivity index (χ0) is 24.8. The molecule has 0 unspecified atom stereocenters. The maximum atomic E-state index is 13.5. The van der Waals surface area contributed by atoms with E-state index in [1.807, 2.05) is 6.92 Å². The van der Waals surface area contributed by atoms with Crippen molar-refractivity contribution in [2.24, 2.45) is 5.92 Å². The number of nitriles is 1. The number of likely N-dealkylation sites (N-methyl/N-ethyl adjacent to an activating group) is 1. The van der Waals surface area contributed by atoms with Gasteiger partial charge in [0.15, 0.2) is 0 Å². The number of fused-ring (bicyclic) bond motifs is 1. The molecule has 1 aliphatic rings. The van der Waals surface area contributed by atoms with E-state index in [9.17, 15) is 14.7 Å². The van der Waals surface area contributed by atoms with Crippen LogP contribution < -0.4 is 4.74 Å². The number of nitrogens with zero attached hydrogens (tertiary/aromatic N) is 4. The number of methoxy groups -OCH3 is 1. The summed E-state index contributed by atoms with van der Waals surface area (Å²) in [6.07, 6.45) is 1.19. The molecule has 9 heteroatoms. The first-order valence-electron chi connectivity index (χ1n) is 11.1. The highest BCUT2D eigenvalue weighted by Gasteiger charge is 2.34. The number of aromatic nitrogens is 1. The van der Waals surface area contributed by atoms with Crippen molar-refractivity contribution in [3.63, 3.8) is 0 Å². The number of benzene rings is 1. The van der Waals surface area contributed by atoms with Crippen molar-refractivity contribution in [2.45, 2.75) is 26.0 Å². The zero-order valence-electron chi connectivity index (χ0n) is 19.9. The Bertz CT molecular complexity index is 1070. The number of amides is 2. The predicted octanol–water partition coefficient (Wildman–Crippen LogP) is 1.95. The van der Waals surface area contributed by atoms with Gasteiger partial charge < -0.3 is 24.4 Å². The average Bonchev–Trinajstić information content (AvgIpc) is 2.85. The van der Waals surface area contributed by atoms with E-state index in [0.29, 0.717) is 17.7 Å². The fourth-order valence-electron chi connectivity index (χ4n) is 3.82. The molecular weight excluding hydrogens is 436 g/mol. The summed E-state index contributed by atoms with van der Waals surface area (Å²) in [5, 5.41) is 18.8. The number of hydrogen-bond acceptors (Lipinski definition) is 7. The summed E-state index contributed by atoms with van der Waals surface area (Å²) < 4.78 is 11.2. The van der Waals surface area contributed by atoms with Crippen LogP contribution in [0.1, 0.15) is 29.8 Å². The summed E-state index contributed by atoms with van der Waals surface area (Å²) in [5.74, 6) is -0.416. The fraction of sp³-hybridized carbons (Fsp3) is 0.440. The van der Waals surface area contributed by atoms with Gasteiger partial charge in [0.05, 0.1) is 30.8 Å². The molecule has 0 spiro atoms. The van der Waals surface area contributed by atoms with E-state index in [1.165, 1.54) is 7.11 Å². The van der Waals surface area contributed by atoms with Crippen LogP contribution in [-0.4, -0.2) is 84.3 Å². The number of carbonyl (C=O) groups is 2. The van der Waals surface area contributed by atoms with Crippen LogP contribution in [0.25, 0.3) is 11.1 Å². The van der Waals surface area contributed by atoms with Crippen LogP contribution in [0.4, 0.5) is 0 Å². The third kappa shape index (κ3) is 5.53. The molecular formula is C25H30N4O5. The van der Waals surface area contributed by atoms with Gasteiger partial charge in [0, 0.05) is 38.4 Å². The SMILES string of the molecule is COCC(=O)N(C)C[C@@H]1Oc2ncc(-c3ccc(C#N)cc3)cc2C(=O)N([C@@H](C)CO)C[C@H]1C. The van der Waals surface area contributed by atoms with Gasteiger partial charge in [-0.3, -0.25) is 9.59 Å². The largest absolute Gasteiger partial charge is 0.472 e. The Morgan fingerprint density at radius 2 is 2.09 bits per heavy atom. The zero-order valence-corrected chi connectivity index (χ0v) is 19.9. The van der Waals surface area contributed by atoms with Crippen LogP contribution >= 0.6 is 0 Å². The number of aliphatic hydroxyl groups is 1. The monoisotopic (exact) mass is 466 g/mol. The van der Waals surface area contributed by atoms with Crippen LogP contribution in [0.3, 0.4) is 0 Å². The van der Waals surface area contributed by atoms with Crippen molar-refractivity contribution >= 4 is 11.8 Å². The Hall–Kier alpha value is -3.48. The molecule has 0 bridgehead atoms. The van der Waals surface area contributed by atoms with Crippen molar-refractivity contribution in [3.8, 4) is 23.1 Å². The molecule has 2 aromatic rings. The third-order valence-electron chi connectivity index (χ3n) is 6.02. The molecule has 0 fully saturated rings. The van der Waals surface area contributed by atoms with E-state index in [-0.39, 0.29) is 48.9 Å². The summed E-state index contributed by atoms with van der Waals surface area (Å²) in [6, 6.07) is 10.4. The Morgan fingerprint density at radius 1 is 1.38 bits per heavy atom. The van der Waals surface area contributed by atoms with Gasteiger partial charge in [-0.15, -0.1) is 0 Å². The molecule has 0 aliphatic carbocycles. The van der Waals surface area contributed by atoms with E-state index in [0.717, 1.165) is 5.56 Å². The van der Waals surface area contributed by atoms with Crippen molar-refractivity contribution in [1.29, 1.82) is 5.26 Å².